The van der Waals surface area contributed by atoms with Crippen LogP contribution >= 0.6 is 0 Å². The van der Waals surface area contributed by atoms with Crippen LogP contribution in [0, 0.1) is 10.1 Å². The lowest BCUT2D eigenvalue weighted by molar-refractivity contribution is -0.385. The molecule has 0 aliphatic carbocycles. The highest BCUT2D eigenvalue weighted by Crippen LogP contribution is 2.33. The van der Waals surface area contributed by atoms with E-state index in [4.69, 9.17) is 9.47 Å². The number of benzene rings is 2. The zero-order chi connectivity index (χ0) is 17.7. The fourth-order valence-electron chi connectivity index (χ4n) is 2.20. The Bertz CT molecular complexity index is 758. The fourth-order valence-corrected chi connectivity index (χ4v) is 2.20. The fraction of sp³-hybridized carbons (Fsp3) is 0.235. The lowest BCUT2D eigenvalue weighted by Gasteiger charge is -2.17. The molecule has 0 spiro atoms. The average molecular weight is 330 g/mol. The van der Waals surface area contributed by atoms with Crippen molar-refractivity contribution in [2.24, 2.45) is 0 Å². The Labute approximate surface area is 139 Å². The number of ether oxygens (including phenoxy) is 2. The first-order valence-corrected chi connectivity index (χ1v) is 7.19. The summed E-state index contributed by atoms with van der Waals surface area (Å²) in [6.45, 7) is -0.0504. The summed E-state index contributed by atoms with van der Waals surface area (Å²) in [4.78, 5) is 24.3. The van der Waals surface area contributed by atoms with Crippen LogP contribution in [-0.2, 0) is 6.61 Å². The maximum absolute atomic E-state index is 12.3. The molecule has 0 bridgehead atoms. The van der Waals surface area contributed by atoms with Gasteiger partial charge < -0.3 is 14.4 Å². The third-order valence-electron chi connectivity index (χ3n) is 3.40. The van der Waals surface area contributed by atoms with Crippen molar-refractivity contribution < 1.29 is 19.2 Å². The highest BCUT2D eigenvalue weighted by Gasteiger charge is 2.20. The first kappa shape index (κ1) is 17.3. The molecule has 0 N–H and O–H groups in total. The Morgan fingerprint density at radius 3 is 2.50 bits per heavy atom. The highest BCUT2D eigenvalue weighted by molar-refractivity contribution is 5.97. The van der Waals surface area contributed by atoms with Crippen LogP contribution in [0.4, 0.5) is 5.69 Å². The van der Waals surface area contributed by atoms with E-state index < -0.39 is 4.92 Å². The van der Waals surface area contributed by atoms with Gasteiger partial charge in [-0.1, -0.05) is 18.2 Å². The Balaban J connectivity index is 2.36. The van der Waals surface area contributed by atoms with E-state index in [1.54, 1.807) is 50.5 Å². The number of hydrogen-bond donors (Lipinski definition) is 0. The van der Waals surface area contributed by atoms with Gasteiger partial charge >= 0.3 is 0 Å². The van der Waals surface area contributed by atoms with Crippen molar-refractivity contribution in [2.75, 3.05) is 21.2 Å². The van der Waals surface area contributed by atoms with E-state index in [1.807, 2.05) is 0 Å². The number of para-hydroxylation sites is 2. The molecule has 7 heteroatoms. The minimum Gasteiger partial charge on any atom is -0.493 e. The highest BCUT2D eigenvalue weighted by atomic mass is 16.6. The van der Waals surface area contributed by atoms with Gasteiger partial charge in [-0.3, -0.25) is 14.9 Å². The molecule has 0 atom stereocenters. The molecule has 0 aliphatic rings. The van der Waals surface area contributed by atoms with Crippen molar-refractivity contribution in [1.29, 1.82) is 0 Å². The van der Waals surface area contributed by atoms with Crippen LogP contribution in [0.1, 0.15) is 15.9 Å². The van der Waals surface area contributed by atoms with Gasteiger partial charge in [-0.05, 0) is 18.2 Å². The summed E-state index contributed by atoms with van der Waals surface area (Å²) in [5.74, 6) is 0.407. The number of nitro benzene ring substituents is 1. The first-order chi connectivity index (χ1) is 11.5. The van der Waals surface area contributed by atoms with E-state index in [0.29, 0.717) is 16.9 Å². The van der Waals surface area contributed by atoms with Gasteiger partial charge in [0.15, 0.2) is 11.5 Å². The predicted octanol–water partition coefficient (Wildman–Crippen LogP) is 2.88. The topological polar surface area (TPSA) is 81.9 Å². The van der Waals surface area contributed by atoms with Crippen molar-refractivity contribution in [3.05, 3.63) is 63.7 Å². The number of carbonyl (C=O) groups is 1. The standard InChI is InChI=1S/C17H18N2O5/c1-18(2)17(20)13-8-6-10-15(23-3)16(13)24-11-12-7-4-5-9-14(12)19(21)22/h4-10H,11H2,1-3H3. The molecule has 2 aromatic carbocycles. The summed E-state index contributed by atoms with van der Waals surface area (Å²) in [6, 6.07) is 11.3. The van der Waals surface area contributed by atoms with Crippen LogP contribution in [0.3, 0.4) is 0 Å². The summed E-state index contributed by atoms with van der Waals surface area (Å²) in [7, 11) is 4.73. The summed E-state index contributed by atoms with van der Waals surface area (Å²) >= 11 is 0. The normalized spacial score (nSPS) is 10.1. The van der Waals surface area contributed by atoms with Crippen LogP contribution < -0.4 is 9.47 Å². The lowest BCUT2D eigenvalue weighted by atomic mass is 10.1. The molecule has 0 radical (unpaired) electrons. The van der Waals surface area contributed by atoms with Crippen molar-refractivity contribution >= 4 is 11.6 Å². The smallest absolute Gasteiger partial charge is 0.276 e. The Morgan fingerprint density at radius 1 is 1.17 bits per heavy atom. The molecule has 2 aromatic rings. The van der Waals surface area contributed by atoms with Crippen LogP contribution in [0.25, 0.3) is 0 Å². The molecule has 0 unspecified atom stereocenters. The van der Waals surface area contributed by atoms with E-state index in [9.17, 15) is 14.9 Å². The summed E-state index contributed by atoms with van der Waals surface area (Å²) in [5, 5.41) is 11.1. The number of rotatable bonds is 6. The van der Waals surface area contributed by atoms with Crippen molar-refractivity contribution in [3.8, 4) is 11.5 Å². The zero-order valence-electron chi connectivity index (χ0n) is 13.7. The van der Waals surface area contributed by atoms with Gasteiger partial charge in [-0.2, -0.15) is 0 Å². The molecule has 0 fully saturated rings. The molecular formula is C17H18N2O5. The SMILES string of the molecule is COc1cccc(C(=O)N(C)C)c1OCc1ccccc1[N+](=O)[O-]. The number of carbonyl (C=O) groups excluding carboxylic acids is 1. The third-order valence-corrected chi connectivity index (χ3v) is 3.40. The van der Waals surface area contributed by atoms with Crippen LogP contribution in [0.15, 0.2) is 42.5 Å². The second kappa shape index (κ2) is 7.45. The average Bonchev–Trinajstić information content (AvgIpc) is 2.58. The summed E-state index contributed by atoms with van der Waals surface area (Å²) in [5.41, 5.74) is 0.711. The van der Waals surface area contributed by atoms with E-state index in [0.717, 1.165) is 0 Å². The number of methoxy groups -OCH3 is 1. The number of hydrogen-bond acceptors (Lipinski definition) is 5. The first-order valence-electron chi connectivity index (χ1n) is 7.19. The van der Waals surface area contributed by atoms with Gasteiger partial charge in [0.05, 0.1) is 23.2 Å². The molecule has 2 rings (SSSR count). The monoisotopic (exact) mass is 330 g/mol. The molecule has 126 valence electrons. The molecule has 7 nitrogen and oxygen atoms in total. The molecule has 0 saturated heterocycles. The second-order valence-corrected chi connectivity index (χ2v) is 5.21. The number of amides is 1. The molecule has 0 aromatic heterocycles. The Kier molecular flexibility index (Phi) is 5.36. The number of nitrogens with zero attached hydrogens (tertiary/aromatic N) is 2. The van der Waals surface area contributed by atoms with Crippen molar-refractivity contribution in [1.82, 2.24) is 4.90 Å². The molecule has 0 heterocycles. The summed E-state index contributed by atoms with van der Waals surface area (Å²) < 4.78 is 11.0. The predicted molar refractivity (Wildman–Crippen MR) is 88.4 cm³/mol. The van der Waals surface area contributed by atoms with Gasteiger partial charge in [0, 0.05) is 20.2 Å². The van der Waals surface area contributed by atoms with E-state index in [2.05, 4.69) is 0 Å². The van der Waals surface area contributed by atoms with E-state index in [1.165, 1.54) is 18.1 Å². The number of nitro groups is 1. The molecule has 1 amide bonds. The molecule has 0 saturated carbocycles. The maximum Gasteiger partial charge on any atom is 0.276 e. The largest absolute Gasteiger partial charge is 0.493 e. The molecule has 24 heavy (non-hydrogen) atoms. The minimum atomic E-state index is -0.465. The maximum atomic E-state index is 12.3. The lowest BCUT2D eigenvalue weighted by Crippen LogP contribution is -2.22. The minimum absolute atomic E-state index is 0.0344. The van der Waals surface area contributed by atoms with Gasteiger partial charge in [0.1, 0.15) is 6.61 Å². The summed E-state index contributed by atoms with van der Waals surface area (Å²) in [6.07, 6.45) is 0. The quantitative estimate of drug-likeness (QED) is 0.601. The van der Waals surface area contributed by atoms with Gasteiger partial charge in [-0.15, -0.1) is 0 Å². The van der Waals surface area contributed by atoms with Crippen LogP contribution in [-0.4, -0.2) is 36.9 Å². The van der Waals surface area contributed by atoms with Crippen molar-refractivity contribution in [3.63, 3.8) is 0 Å². The molecule has 0 aliphatic heterocycles. The van der Waals surface area contributed by atoms with Gasteiger partial charge in [0.25, 0.3) is 11.6 Å². The third kappa shape index (κ3) is 3.62. The molecular weight excluding hydrogens is 312 g/mol. The van der Waals surface area contributed by atoms with E-state index in [-0.39, 0.29) is 24.0 Å². The Morgan fingerprint density at radius 2 is 1.88 bits per heavy atom. The van der Waals surface area contributed by atoms with Gasteiger partial charge in [0.2, 0.25) is 0 Å². The van der Waals surface area contributed by atoms with E-state index >= 15 is 0 Å². The van der Waals surface area contributed by atoms with Gasteiger partial charge in [-0.25, -0.2) is 0 Å². The van der Waals surface area contributed by atoms with Crippen LogP contribution in [0.5, 0.6) is 11.5 Å². The Hall–Kier alpha value is -3.09. The second-order valence-electron chi connectivity index (χ2n) is 5.21. The van der Waals surface area contributed by atoms with Crippen LogP contribution in [0.2, 0.25) is 0 Å². The zero-order valence-corrected chi connectivity index (χ0v) is 13.7. The van der Waals surface area contributed by atoms with Crippen molar-refractivity contribution in [2.45, 2.75) is 6.61 Å².